The number of rotatable bonds is 2. The first-order chi connectivity index (χ1) is 8.09. The van der Waals surface area contributed by atoms with Crippen molar-refractivity contribution < 1.29 is 9.90 Å². The zero-order valence-corrected chi connectivity index (χ0v) is 10.3. The van der Waals surface area contributed by atoms with Crippen molar-refractivity contribution in [2.24, 2.45) is 0 Å². The van der Waals surface area contributed by atoms with Crippen LogP contribution in [0.2, 0.25) is 0 Å². The van der Waals surface area contributed by atoms with Gasteiger partial charge in [-0.05, 0) is 25.6 Å². The molecule has 1 aromatic rings. The highest BCUT2D eigenvalue weighted by molar-refractivity contribution is 5.95. The van der Waals surface area contributed by atoms with Crippen molar-refractivity contribution in [2.45, 2.75) is 6.92 Å². The molecule has 4 nitrogen and oxygen atoms in total. The fourth-order valence-electron chi connectivity index (χ4n) is 2.28. The van der Waals surface area contributed by atoms with E-state index in [-0.39, 0.29) is 0 Å². The fraction of sp³-hybridized carbons (Fsp3) is 0.462. The van der Waals surface area contributed by atoms with Gasteiger partial charge in [-0.25, -0.2) is 4.79 Å². The van der Waals surface area contributed by atoms with Gasteiger partial charge in [-0.3, -0.25) is 0 Å². The summed E-state index contributed by atoms with van der Waals surface area (Å²) in [6.07, 6.45) is 0. The van der Waals surface area contributed by atoms with Crippen molar-refractivity contribution >= 4 is 11.7 Å². The van der Waals surface area contributed by atoms with Gasteiger partial charge >= 0.3 is 5.97 Å². The van der Waals surface area contributed by atoms with Crippen LogP contribution in [0, 0.1) is 6.92 Å². The molecule has 1 fully saturated rings. The van der Waals surface area contributed by atoms with Gasteiger partial charge in [0, 0.05) is 26.2 Å². The van der Waals surface area contributed by atoms with Crippen LogP contribution in [0.1, 0.15) is 15.9 Å². The standard InChI is InChI=1S/C13H18N2O2/c1-10-4-3-5-11(13(16)17)12(10)15-8-6-14(2)7-9-15/h3-5H,6-9H2,1-2H3,(H,16,17). The fourth-order valence-corrected chi connectivity index (χ4v) is 2.28. The number of para-hydroxylation sites is 1. The van der Waals surface area contributed by atoms with E-state index in [1.54, 1.807) is 12.1 Å². The molecule has 92 valence electrons. The Morgan fingerprint density at radius 2 is 1.88 bits per heavy atom. The third kappa shape index (κ3) is 2.42. The summed E-state index contributed by atoms with van der Waals surface area (Å²) in [6, 6.07) is 5.46. The number of anilines is 1. The van der Waals surface area contributed by atoms with Crippen LogP contribution < -0.4 is 4.90 Å². The molecule has 2 rings (SSSR count). The first kappa shape index (κ1) is 11.9. The van der Waals surface area contributed by atoms with Gasteiger partial charge in [0.05, 0.1) is 11.3 Å². The Balaban J connectivity index is 2.33. The molecule has 0 amide bonds. The van der Waals surface area contributed by atoms with Crippen LogP contribution >= 0.6 is 0 Å². The van der Waals surface area contributed by atoms with Gasteiger partial charge in [-0.1, -0.05) is 12.1 Å². The third-order valence-corrected chi connectivity index (χ3v) is 3.29. The molecule has 1 aliphatic rings. The van der Waals surface area contributed by atoms with Crippen molar-refractivity contribution in [1.82, 2.24) is 4.90 Å². The van der Waals surface area contributed by atoms with Crippen molar-refractivity contribution in [3.8, 4) is 0 Å². The van der Waals surface area contributed by atoms with Crippen molar-refractivity contribution in [3.05, 3.63) is 29.3 Å². The van der Waals surface area contributed by atoms with E-state index in [0.717, 1.165) is 37.4 Å². The Kier molecular flexibility index (Phi) is 3.33. The number of aromatic carboxylic acids is 1. The van der Waals surface area contributed by atoms with Gasteiger partial charge in [0.25, 0.3) is 0 Å². The summed E-state index contributed by atoms with van der Waals surface area (Å²) in [4.78, 5) is 15.7. The number of likely N-dealkylation sites (N-methyl/N-ethyl adjacent to an activating group) is 1. The van der Waals surface area contributed by atoms with E-state index in [1.165, 1.54) is 0 Å². The van der Waals surface area contributed by atoms with Crippen LogP contribution in [-0.2, 0) is 0 Å². The second kappa shape index (κ2) is 4.75. The molecular formula is C13H18N2O2. The summed E-state index contributed by atoms with van der Waals surface area (Å²) >= 11 is 0. The van der Waals surface area contributed by atoms with Crippen LogP contribution in [0.15, 0.2) is 18.2 Å². The lowest BCUT2D eigenvalue weighted by Crippen LogP contribution is -2.45. The minimum atomic E-state index is -0.845. The molecule has 0 radical (unpaired) electrons. The third-order valence-electron chi connectivity index (χ3n) is 3.29. The molecule has 0 spiro atoms. The lowest BCUT2D eigenvalue weighted by Gasteiger charge is -2.35. The van der Waals surface area contributed by atoms with Gasteiger partial charge in [0.15, 0.2) is 0 Å². The van der Waals surface area contributed by atoms with Crippen molar-refractivity contribution in [1.29, 1.82) is 0 Å². The highest BCUT2D eigenvalue weighted by atomic mass is 16.4. The first-order valence-corrected chi connectivity index (χ1v) is 5.86. The molecule has 0 bridgehead atoms. The Morgan fingerprint density at radius 3 is 2.47 bits per heavy atom. The van der Waals surface area contributed by atoms with Gasteiger partial charge in [0.1, 0.15) is 0 Å². The number of hydrogen-bond acceptors (Lipinski definition) is 3. The van der Waals surface area contributed by atoms with Gasteiger partial charge in [-0.15, -0.1) is 0 Å². The normalized spacial score (nSPS) is 17.2. The van der Waals surface area contributed by atoms with Gasteiger partial charge in [-0.2, -0.15) is 0 Å². The van der Waals surface area contributed by atoms with Crippen LogP contribution in [0.25, 0.3) is 0 Å². The average molecular weight is 234 g/mol. The highest BCUT2D eigenvalue weighted by Gasteiger charge is 2.21. The zero-order valence-electron chi connectivity index (χ0n) is 10.3. The first-order valence-electron chi connectivity index (χ1n) is 5.86. The summed E-state index contributed by atoms with van der Waals surface area (Å²) in [5, 5.41) is 9.24. The summed E-state index contributed by atoms with van der Waals surface area (Å²) in [6.45, 7) is 5.71. The van der Waals surface area contributed by atoms with E-state index in [4.69, 9.17) is 0 Å². The Morgan fingerprint density at radius 1 is 1.24 bits per heavy atom. The van der Waals surface area contributed by atoms with E-state index in [2.05, 4.69) is 16.8 Å². The van der Waals surface area contributed by atoms with Crippen LogP contribution in [0.5, 0.6) is 0 Å². The van der Waals surface area contributed by atoms with Crippen molar-refractivity contribution in [3.63, 3.8) is 0 Å². The van der Waals surface area contributed by atoms with Gasteiger partial charge < -0.3 is 14.9 Å². The van der Waals surface area contributed by atoms with E-state index in [9.17, 15) is 9.90 Å². The predicted molar refractivity (Wildman–Crippen MR) is 67.8 cm³/mol. The molecule has 0 unspecified atom stereocenters. The summed E-state index contributed by atoms with van der Waals surface area (Å²) in [5.74, 6) is -0.845. The Labute approximate surface area is 101 Å². The molecular weight excluding hydrogens is 216 g/mol. The number of carboxylic acids is 1. The Hall–Kier alpha value is -1.55. The number of aryl methyl sites for hydroxylation is 1. The average Bonchev–Trinajstić information content (AvgIpc) is 2.30. The molecule has 17 heavy (non-hydrogen) atoms. The minimum absolute atomic E-state index is 0.412. The van der Waals surface area contributed by atoms with Crippen molar-refractivity contribution in [2.75, 3.05) is 38.1 Å². The molecule has 1 saturated heterocycles. The largest absolute Gasteiger partial charge is 0.478 e. The topological polar surface area (TPSA) is 43.8 Å². The highest BCUT2D eigenvalue weighted by Crippen LogP contribution is 2.26. The van der Waals surface area contributed by atoms with Crippen LogP contribution in [-0.4, -0.2) is 49.2 Å². The van der Waals surface area contributed by atoms with Crippen LogP contribution in [0.3, 0.4) is 0 Å². The number of carbonyl (C=O) groups is 1. The van der Waals surface area contributed by atoms with E-state index in [0.29, 0.717) is 5.56 Å². The quantitative estimate of drug-likeness (QED) is 0.841. The minimum Gasteiger partial charge on any atom is -0.478 e. The lowest BCUT2D eigenvalue weighted by atomic mass is 10.1. The summed E-state index contributed by atoms with van der Waals surface area (Å²) < 4.78 is 0. The van der Waals surface area contributed by atoms with E-state index < -0.39 is 5.97 Å². The monoisotopic (exact) mass is 234 g/mol. The number of carboxylic acid groups (broad SMARTS) is 1. The summed E-state index contributed by atoms with van der Waals surface area (Å²) in [5.41, 5.74) is 2.33. The number of benzene rings is 1. The smallest absolute Gasteiger partial charge is 0.337 e. The molecule has 1 N–H and O–H groups in total. The number of piperazine rings is 1. The maximum absolute atomic E-state index is 11.2. The molecule has 0 saturated carbocycles. The molecule has 0 atom stereocenters. The van der Waals surface area contributed by atoms with E-state index >= 15 is 0 Å². The second-order valence-electron chi connectivity index (χ2n) is 4.57. The molecule has 0 aromatic heterocycles. The molecule has 0 aliphatic carbocycles. The maximum atomic E-state index is 11.2. The van der Waals surface area contributed by atoms with Gasteiger partial charge in [0.2, 0.25) is 0 Å². The zero-order chi connectivity index (χ0) is 12.4. The van der Waals surface area contributed by atoms with Crippen LogP contribution in [0.4, 0.5) is 5.69 Å². The molecule has 1 heterocycles. The predicted octanol–water partition coefficient (Wildman–Crippen LogP) is 1.45. The molecule has 4 heteroatoms. The molecule has 1 aromatic carbocycles. The van der Waals surface area contributed by atoms with E-state index in [1.807, 2.05) is 13.0 Å². The second-order valence-corrected chi connectivity index (χ2v) is 4.57. The number of hydrogen-bond donors (Lipinski definition) is 1. The lowest BCUT2D eigenvalue weighted by molar-refractivity contribution is 0.0697. The SMILES string of the molecule is Cc1cccc(C(=O)O)c1N1CCN(C)CC1. The number of nitrogens with zero attached hydrogens (tertiary/aromatic N) is 2. The molecule has 1 aliphatic heterocycles. The maximum Gasteiger partial charge on any atom is 0.337 e. The Bertz CT molecular complexity index is 423. The summed E-state index contributed by atoms with van der Waals surface area (Å²) in [7, 11) is 2.09.